The van der Waals surface area contributed by atoms with Gasteiger partial charge in [-0.25, -0.2) is 14.2 Å². The summed E-state index contributed by atoms with van der Waals surface area (Å²) >= 11 is 0. The number of carboxylic acids is 1. The lowest BCUT2D eigenvalue weighted by molar-refractivity contribution is -0.123. The highest BCUT2D eigenvalue weighted by Crippen LogP contribution is 2.22. The molecule has 200 valence electrons. The molecular formula is C25H24FN9O4. The van der Waals surface area contributed by atoms with Crippen molar-refractivity contribution >= 4 is 29.7 Å². The largest absolute Gasteiger partial charge is 0.478 e. The van der Waals surface area contributed by atoms with E-state index < -0.39 is 29.6 Å². The number of carbonyl (C=O) groups is 3. The lowest BCUT2D eigenvalue weighted by Crippen LogP contribution is -2.45. The fraction of sp³-hybridized carbons (Fsp3) is 0.200. The molecule has 0 radical (unpaired) electrons. The second-order valence-corrected chi connectivity index (χ2v) is 8.61. The average molecular weight is 534 g/mol. The van der Waals surface area contributed by atoms with Crippen molar-refractivity contribution in [2.75, 3.05) is 5.32 Å². The first-order chi connectivity index (χ1) is 18.6. The van der Waals surface area contributed by atoms with E-state index in [1.807, 2.05) is 6.92 Å². The summed E-state index contributed by atoms with van der Waals surface area (Å²) in [6, 6.07) is 6.51. The number of carbonyl (C=O) groups excluding carboxylic acids is 2. The summed E-state index contributed by atoms with van der Waals surface area (Å²) in [6.45, 7) is 3.43. The van der Waals surface area contributed by atoms with Gasteiger partial charge in [-0.3, -0.25) is 14.3 Å². The lowest BCUT2D eigenvalue weighted by atomic mass is 10.1. The number of rotatable bonds is 9. The van der Waals surface area contributed by atoms with E-state index in [2.05, 4.69) is 36.2 Å². The second-order valence-electron chi connectivity index (χ2n) is 8.61. The van der Waals surface area contributed by atoms with E-state index in [4.69, 9.17) is 5.11 Å². The molecule has 2 amide bonds. The number of nitrogens with one attached hydrogen (secondary N) is 2. The molecule has 39 heavy (non-hydrogen) atoms. The standard InChI is InChI=1S/C25H24FN9O4/c1-14-4-7-20(35-13-28-32-33-35)18(23(14)26)6-9-22(36)29-19(11-17-10-15(2)34(3)31-17)24(37)30-21-8-5-16(12-27-21)25(38)39/h4-10,12-13,19H,11H2,1-3H3,(H,29,36)(H,38,39)(H,27,30,37)/b9-6+/t19-/m0/s1. The number of halogens is 1. The van der Waals surface area contributed by atoms with Crippen LogP contribution in [0.3, 0.4) is 0 Å². The van der Waals surface area contributed by atoms with Gasteiger partial charge in [0.15, 0.2) is 0 Å². The van der Waals surface area contributed by atoms with Crippen LogP contribution in [0.5, 0.6) is 0 Å². The third kappa shape index (κ3) is 6.36. The molecule has 3 N–H and O–H groups in total. The van der Waals surface area contributed by atoms with Crippen LogP contribution in [0.25, 0.3) is 11.8 Å². The molecule has 3 heterocycles. The van der Waals surface area contributed by atoms with Gasteiger partial charge in [0, 0.05) is 37.0 Å². The SMILES string of the molecule is Cc1ccc(-n2cnnn2)c(/C=C/C(=O)N[C@@H](Cc2cc(C)n(C)n2)C(=O)Nc2ccc(C(=O)O)cn2)c1F. The molecule has 0 aliphatic carbocycles. The van der Waals surface area contributed by atoms with E-state index in [0.29, 0.717) is 16.9 Å². The van der Waals surface area contributed by atoms with Crippen LogP contribution in [0.15, 0.2) is 48.9 Å². The number of pyridine rings is 1. The highest BCUT2D eigenvalue weighted by Gasteiger charge is 2.23. The molecular weight excluding hydrogens is 509 g/mol. The Morgan fingerprint density at radius 3 is 2.59 bits per heavy atom. The Kier molecular flexibility index (Phi) is 7.84. The van der Waals surface area contributed by atoms with Crippen LogP contribution in [0, 0.1) is 19.7 Å². The van der Waals surface area contributed by atoms with Crippen LogP contribution in [0.2, 0.25) is 0 Å². The Labute approximate surface area is 221 Å². The molecule has 13 nitrogen and oxygen atoms in total. The van der Waals surface area contributed by atoms with E-state index in [9.17, 15) is 18.8 Å². The summed E-state index contributed by atoms with van der Waals surface area (Å²) in [5.74, 6) is -2.88. The van der Waals surface area contributed by atoms with Crippen molar-refractivity contribution in [3.05, 3.63) is 82.8 Å². The first kappa shape index (κ1) is 26.8. The monoisotopic (exact) mass is 533 g/mol. The molecule has 0 fully saturated rings. The number of aromatic nitrogens is 7. The quantitative estimate of drug-likeness (QED) is 0.271. The molecule has 4 rings (SSSR count). The number of hydrogen-bond acceptors (Lipinski definition) is 8. The molecule has 1 aromatic carbocycles. The fourth-order valence-corrected chi connectivity index (χ4v) is 3.66. The summed E-state index contributed by atoms with van der Waals surface area (Å²) in [5.41, 5.74) is 2.13. The number of nitrogens with zero attached hydrogens (tertiary/aromatic N) is 7. The maximum atomic E-state index is 15.0. The average Bonchev–Trinajstić information content (AvgIpc) is 3.54. The van der Waals surface area contributed by atoms with Gasteiger partial charge in [0.05, 0.1) is 16.9 Å². The highest BCUT2D eigenvalue weighted by atomic mass is 19.1. The number of aromatic carboxylic acids is 1. The smallest absolute Gasteiger partial charge is 0.337 e. The van der Waals surface area contributed by atoms with Crippen LogP contribution in [0.1, 0.15) is 32.9 Å². The predicted molar refractivity (Wildman–Crippen MR) is 136 cm³/mol. The third-order valence-electron chi connectivity index (χ3n) is 5.82. The molecule has 1 atom stereocenters. The number of tetrazole rings is 1. The maximum Gasteiger partial charge on any atom is 0.337 e. The van der Waals surface area contributed by atoms with Crippen molar-refractivity contribution in [2.45, 2.75) is 26.3 Å². The molecule has 0 aliphatic heterocycles. The summed E-state index contributed by atoms with van der Waals surface area (Å²) in [6.07, 6.45) is 4.84. The lowest BCUT2D eigenvalue weighted by Gasteiger charge is -2.17. The van der Waals surface area contributed by atoms with E-state index in [-0.39, 0.29) is 23.4 Å². The van der Waals surface area contributed by atoms with Crippen molar-refractivity contribution in [2.24, 2.45) is 7.05 Å². The molecule has 4 aromatic rings. The minimum atomic E-state index is -1.16. The summed E-state index contributed by atoms with van der Waals surface area (Å²) in [5, 5.41) is 29.5. The minimum absolute atomic E-state index is 0.0450. The van der Waals surface area contributed by atoms with Gasteiger partial charge in [-0.1, -0.05) is 6.07 Å². The van der Waals surface area contributed by atoms with Crippen LogP contribution >= 0.6 is 0 Å². The van der Waals surface area contributed by atoms with Gasteiger partial charge in [0.1, 0.15) is 24.0 Å². The molecule has 0 bridgehead atoms. The zero-order valence-electron chi connectivity index (χ0n) is 21.2. The van der Waals surface area contributed by atoms with E-state index in [1.165, 1.54) is 29.2 Å². The zero-order chi connectivity index (χ0) is 28.1. The van der Waals surface area contributed by atoms with Crippen molar-refractivity contribution in [1.82, 2.24) is 40.3 Å². The van der Waals surface area contributed by atoms with E-state index in [1.54, 1.807) is 36.9 Å². The molecule has 0 unspecified atom stereocenters. The number of anilines is 1. The Morgan fingerprint density at radius 2 is 1.97 bits per heavy atom. The minimum Gasteiger partial charge on any atom is -0.478 e. The first-order valence-electron chi connectivity index (χ1n) is 11.6. The molecule has 0 saturated carbocycles. The van der Waals surface area contributed by atoms with Gasteiger partial charge in [-0.2, -0.15) is 9.78 Å². The van der Waals surface area contributed by atoms with Gasteiger partial charge in [-0.15, -0.1) is 5.10 Å². The Balaban J connectivity index is 1.56. The summed E-state index contributed by atoms with van der Waals surface area (Å²) in [7, 11) is 1.75. The van der Waals surface area contributed by atoms with Crippen LogP contribution in [-0.4, -0.2) is 63.9 Å². The first-order valence-corrected chi connectivity index (χ1v) is 11.6. The van der Waals surface area contributed by atoms with E-state index >= 15 is 0 Å². The molecule has 14 heteroatoms. The van der Waals surface area contributed by atoms with Crippen molar-refractivity contribution in [1.29, 1.82) is 0 Å². The van der Waals surface area contributed by atoms with Crippen LogP contribution in [0.4, 0.5) is 10.2 Å². The molecule has 3 aromatic heterocycles. The highest BCUT2D eigenvalue weighted by molar-refractivity contribution is 6.00. The summed E-state index contributed by atoms with van der Waals surface area (Å²) in [4.78, 5) is 41.0. The third-order valence-corrected chi connectivity index (χ3v) is 5.82. The van der Waals surface area contributed by atoms with Crippen molar-refractivity contribution in [3.63, 3.8) is 0 Å². The van der Waals surface area contributed by atoms with Crippen LogP contribution in [-0.2, 0) is 23.1 Å². The van der Waals surface area contributed by atoms with Crippen molar-refractivity contribution < 1.29 is 23.9 Å². The summed E-state index contributed by atoms with van der Waals surface area (Å²) < 4.78 is 17.9. The number of carboxylic acid groups (broad SMARTS) is 1. The van der Waals surface area contributed by atoms with Gasteiger partial charge in [0.25, 0.3) is 0 Å². The predicted octanol–water partition coefficient (Wildman–Crippen LogP) is 1.62. The van der Waals surface area contributed by atoms with E-state index in [0.717, 1.165) is 18.0 Å². The molecule has 0 aliphatic rings. The number of amides is 2. The normalized spacial score (nSPS) is 11.9. The number of aryl methyl sites for hydroxylation is 3. The Hall–Kier alpha value is -5.27. The van der Waals surface area contributed by atoms with Gasteiger partial charge < -0.3 is 15.7 Å². The van der Waals surface area contributed by atoms with Gasteiger partial charge in [0.2, 0.25) is 11.8 Å². The Morgan fingerprint density at radius 1 is 1.18 bits per heavy atom. The number of benzene rings is 1. The van der Waals surface area contributed by atoms with Gasteiger partial charge in [-0.05, 0) is 60.2 Å². The van der Waals surface area contributed by atoms with Gasteiger partial charge >= 0.3 is 5.97 Å². The van der Waals surface area contributed by atoms with Crippen molar-refractivity contribution in [3.8, 4) is 5.69 Å². The maximum absolute atomic E-state index is 15.0. The Bertz CT molecular complexity index is 1530. The number of hydrogen-bond donors (Lipinski definition) is 3. The molecule has 0 spiro atoms. The zero-order valence-corrected chi connectivity index (χ0v) is 21.2. The van der Waals surface area contributed by atoms with Crippen LogP contribution < -0.4 is 10.6 Å². The topological polar surface area (TPSA) is 170 Å². The molecule has 0 saturated heterocycles. The second kappa shape index (κ2) is 11.4. The fourth-order valence-electron chi connectivity index (χ4n) is 3.66.